The van der Waals surface area contributed by atoms with Gasteiger partial charge >= 0.3 is 18.4 Å². The Morgan fingerprint density at radius 2 is 1.55 bits per heavy atom. The largest absolute Gasteiger partial charge is 0.417 e. The Kier molecular flexibility index (Phi) is 5.57. The van der Waals surface area contributed by atoms with E-state index in [0.717, 1.165) is 6.07 Å². The Labute approximate surface area is 171 Å². The normalized spacial score (nSPS) is 12.0. The van der Waals surface area contributed by atoms with Crippen molar-refractivity contribution in [3.8, 4) is 11.3 Å². The minimum Gasteiger partial charge on any atom is -0.369 e. The zero-order valence-electron chi connectivity index (χ0n) is 15.7. The van der Waals surface area contributed by atoms with Crippen LogP contribution in [0.15, 0.2) is 42.5 Å². The topological polar surface area (TPSA) is 95.8 Å². The summed E-state index contributed by atoms with van der Waals surface area (Å²) in [6.45, 7) is 1.72. The van der Waals surface area contributed by atoms with Crippen LogP contribution in [0.25, 0.3) is 11.3 Å². The molecule has 0 saturated carbocycles. The molecule has 0 atom stereocenters. The van der Waals surface area contributed by atoms with Gasteiger partial charge < -0.3 is 21.4 Å². The summed E-state index contributed by atoms with van der Waals surface area (Å²) in [4.78, 5) is 19.1. The van der Waals surface area contributed by atoms with Crippen LogP contribution in [0.2, 0.25) is 0 Å². The summed E-state index contributed by atoms with van der Waals surface area (Å²) in [7, 11) is 0. The molecular weight excluding hydrogens is 428 g/mol. The molecule has 0 aliphatic rings. The van der Waals surface area contributed by atoms with Crippen molar-refractivity contribution in [2.45, 2.75) is 19.3 Å². The van der Waals surface area contributed by atoms with Crippen LogP contribution >= 0.6 is 0 Å². The van der Waals surface area contributed by atoms with Crippen LogP contribution in [-0.2, 0) is 12.4 Å². The summed E-state index contributed by atoms with van der Waals surface area (Å²) in [5.41, 5.74) is 3.56. The van der Waals surface area contributed by atoms with Crippen molar-refractivity contribution in [2.24, 2.45) is 0 Å². The third-order valence-corrected chi connectivity index (χ3v) is 4.20. The number of urea groups is 1. The second kappa shape index (κ2) is 7.85. The summed E-state index contributed by atoms with van der Waals surface area (Å²) < 4.78 is 77.7. The quantitative estimate of drug-likeness (QED) is 0.394. The van der Waals surface area contributed by atoms with E-state index in [0.29, 0.717) is 17.0 Å². The molecule has 0 fully saturated rings. The number of anilines is 3. The van der Waals surface area contributed by atoms with E-state index in [2.05, 4.69) is 20.6 Å². The highest BCUT2D eigenvalue weighted by Gasteiger charge is 2.43. The number of aromatic amines is 1. The second-order valence-corrected chi connectivity index (χ2v) is 6.50. The maximum atomic E-state index is 13.0. The molecule has 5 N–H and O–H groups in total. The molecule has 3 rings (SSSR count). The standard InChI is InChI=1S/C19H15F6N5O/c1-9-15(30-16(26)27-9)10-3-2-4-11(7-10)28-17(31)29-12-5-6-13(18(20,21)22)14(8-12)19(23,24)25/h2-8H,1H3,(H3,26,27,30)(H2,28,29,31). The molecule has 0 aliphatic heterocycles. The van der Waals surface area contributed by atoms with Crippen molar-refractivity contribution in [2.75, 3.05) is 16.4 Å². The van der Waals surface area contributed by atoms with Crippen LogP contribution in [-0.4, -0.2) is 16.0 Å². The molecular formula is C19H15F6N5O. The highest BCUT2D eigenvalue weighted by Crippen LogP contribution is 2.41. The van der Waals surface area contributed by atoms with Crippen LogP contribution in [0.5, 0.6) is 0 Å². The third-order valence-electron chi connectivity index (χ3n) is 4.20. The van der Waals surface area contributed by atoms with E-state index in [1.807, 2.05) is 0 Å². The van der Waals surface area contributed by atoms with Gasteiger partial charge in [0.25, 0.3) is 0 Å². The summed E-state index contributed by atoms with van der Waals surface area (Å²) in [5.74, 6) is 0.200. The van der Waals surface area contributed by atoms with Crippen LogP contribution in [0.1, 0.15) is 16.8 Å². The first-order valence-corrected chi connectivity index (χ1v) is 8.63. The monoisotopic (exact) mass is 443 g/mol. The van der Waals surface area contributed by atoms with Gasteiger partial charge in [0.1, 0.15) is 0 Å². The summed E-state index contributed by atoms with van der Waals surface area (Å²) >= 11 is 0. The Bertz CT molecular complexity index is 1120. The minimum atomic E-state index is -5.25. The van der Waals surface area contributed by atoms with E-state index in [1.165, 1.54) is 6.07 Å². The highest BCUT2D eigenvalue weighted by atomic mass is 19.4. The number of carbonyl (C=O) groups is 1. The molecule has 3 aromatic rings. The molecule has 0 saturated heterocycles. The average molecular weight is 443 g/mol. The number of alkyl halides is 6. The van der Waals surface area contributed by atoms with Gasteiger partial charge in [-0.05, 0) is 37.3 Å². The molecule has 0 spiro atoms. The van der Waals surface area contributed by atoms with Crippen molar-refractivity contribution in [1.29, 1.82) is 0 Å². The molecule has 1 aromatic heterocycles. The Balaban J connectivity index is 1.80. The van der Waals surface area contributed by atoms with Crippen LogP contribution < -0.4 is 16.4 Å². The van der Waals surface area contributed by atoms with Crippen LogP contribution in [0.3, 0.4) is 0 Å². The highest BCUT2D eigenvalue weighted by molar-refractivity contribution is 6.00. The maximum absolute atomic E-state index is 13.0. The van der Waals surface area contributed by atoms with Gasteiger partial charge in [-0.2, -0.15) is 26.3 Å². The van der Waals surface area contributed by atoms with Gasteiger partial charge in [-0.15, -0.1) is 0 Å². The fourth-order valence-electron chi connectivity index (χ4n) is 2.91. The lowest BCUT2D eigenvalue weighted by molar-refractivity contribution is -0.162. The molecule has 0 unspecified atom stereocenters. The fraction of sp³-hybridized carbons (Fsp3) is 0.158. The predicted octanol–water partition coefficient (Wildman–Crippen LogP) is 5.65. The van der Waals surface area contributed by atoms with Crippen molar-refractivity contribution in [3.05, 3.63) is 59.3 Å². The predicted molar refractivity (Wildman–Crippen MR) is 102 cm³/mol. The average Bonchev–Trinajstić information content (AvgIpc) is 2.98. The molecule has 164 valence electrons. The molecule has 0 radical (unpaired) electrons. The molecule has 2 amide bonds. The van der Waals surface area contributed by atoms with E-state index in [4.69, 9.17) is 5.73 Å². The number of rotatable bonds is 3. The van der Waals surface area contributed by atoms with E-state index >= 15 is 0 Å². The number of halogens is 6. The van der Waals surface area contributed by atoms with Crippen molar-refractivity contribution >= 4 is 23.4 Å². The number of aryl methyl sites for hydroxylation is 1. The van der Waals surface area contributed by atoms with E-state index in [-0.39, 0.29) is 23.8 Å². The Morgan fingerprint density at radius 1 is 0.935 bits per heavy atom. The van der Waals surface area contributed by atoms with Gasteiger partial charge in [0.15, 0.2) is 5.95 Å². The number of aromatic nitrogens is 2. The van der Waals surface area contributed by atoms with Crippen molar-refractivity contribution in [3.63, 3.8) is 0 Å². The fourth-order valence-corrected chi connectivity index (χ4v) is 2.91. The first-order chi connectivity index (χ1) is 14.3. The number of hydrogen-bond acceptors (Lipinski definition) is 3. The van der Waals surface area contributed by atoms with Gasteiger partial charge in [0.2, 0.25) is 0 Å². The van der Waals surface area contributed by atoms with Gasteiger partial charge in [0.05, 0.1) is 22.5 Å². The number of nitrogens with zero attached hydrogens (tertiary/aromatic N) is 1. The summed E-state index contributed by atoms with van der Waals surface area (Å²) in [6.07, 6.45) is -10.4. The zero-order valence-corrected chi connectivity index (χ0v) is 15.7. The van der Waals surface area contributed by atoms with Crippen molar-refractivity contribution < 1.29 is 31.1 Å². The van der Waals surface area contributed by atoms with E-state index < -0.39 is 35.2 Å². The number of nitrogens with two attached hydrogens (primary N) is 1. The number of carbonyl (C=O) groups excluding carboxylic acids is 1. The Hall–Kier alpha value is -3.70. The van der Waals surface area contributed by atoms with Gasteiger partial charge in [-0.25, -0.2) is 9.78 Å². The first-order valence-electron chi connectivity index (χ1n) is 8.63. The number of hydrogen-bond donors (Lipinski definition) is 4. The smallest absolute Gasteiger partial charge is 0.369 e. The van der Waals surface area contributed by atoms with Gasteiger partial charge in [0, 0.05) is 16.9 Å². The lowest BCUT2D eigenvalue weighted by Gasteiger charge is -2.17. The number of amides is 2. The molecule has 1 heterocycles. The number of imidazole rings is 1. The molecule has 12 heteroatoms. The van der Waals surface area contributed by atoms with Crippen LogP contribution in [0, 0.1) is 6.92 Å². The van der Waals surface area contributed by atoms with Crippen LogP contribution in [0.4, 0.5) is 48.5 Å². The lowest BCUT2D eigenvalue weighted by Crippen LogP contribution is -2.21. The molecule has 2 aromatic carbocycles. The molecule has 0 bridgehead atoms. The van der Waals surface area contributed by atoms with Crippen molar-refractivity contribution in [1.82, 2.24) is 9.97 Å². The SMILES string of the molecule is Cc1nc(N)[nH]c1-c1cccc(NC(=O)Nc2ccc(C(F)(F)F)c(C(F)(F)F)c2)c1. The second-order valence-electron chi connectivity index (χ2n) is 6.50. The summed E-state index contributed by atoms with van der Waals surface area (Å²) in [5, 5.41) is 4.51. The van der Waals surface area contributed by atoms with Gasteiger partial charge in [-0.3, -0.25) is 0 Å². The van der Waals surface area contributed by atoms with E-state index in [1.54, 1.807) is 25.1 Å². The molecule has 0 aliphatic carbocycles. The number of H-pyrrole nitrogens is 1. The molecule has 6 nitrogen and oxygen atoms in total. The number of nitrogens with one attached hydrogen (secondary N) is 3. The Morgan fingerprint density at radius 3 is 2.10 bits per heavy atom. The number of benzene rings is 2. The maximum Gasteiger partial charge on any atom is 0.417 e. The van der Waals surface area contributed by atoms with Gasteiger partial charge in [-0.1, -0.05) is 12.1 Å². The zero-order chi connectivity index (χ0) is 23.0. The lowest BCUT2D eigenvalue weighted by atomic mass is 10.1. The number of nitrogen functional groups attached to an aromatic ring is 1. The van der Waals surface area contributed by atoms with E-state index in [9.17, 15) is 31.1 Å². The third kappa shape index (κ3) is 5.08. The molecule has 31 heavy (non-hydrogen) atoms. The summed E-state index contributed by atoms with van der Waals surface area (Å²) in [6, 6.07) is 6.71. The minimum absolute atomic E-state index is 0.200. The first kappa shape index (κ1) is 22.0.